The van der Waals surface area contributed by atoms with Crippen molar-refractivity contribution in [1.29, 1.82) is 0 Å². The van der Waals surface area contributed by atoms with Crippen molar-refractivity contribution in [3.8, 4) is 17.4 Å². The van der Waals surface area contributed by atoms with Crippen molar-refractivity contribution in [2.75, 3.05) is 6.61 Å². The van der Waals surface area contributed by atoms with Crippen molar-refractivity contribution in [1.82, 2.24) is 4.98 Å². The number of pyridine rings is 1. The van der Waals surface area contributed by atoms with E-state index in [1.54, 1.807) is 30.3 Å². The minimum atomic E-state index is -0.538. The number of aromatic nitrogens is 1. The molecule has 0 amide bonds. The molecule has 0 bridgehead atoms. The molecule has 0 aliphatic carbocycles. The molecular formula is C14H12N2O4. The van der Waals surface area contributed by atoms with Gasteiger partial charge in [-0.15, -0.1) is 0 Å². The summed E-state index contributed by atoms with van der Waals surface area (Å²) < 4.78 is 10.7. The molecule has 0 unspecified atom stereocenters. The molecule has 0 N–H and O–H groups in total. The van der Waals surface area contributed by atoms with Crippen molar-refractivity contribution in [2.24, 2.45) is 0 Å². The van der Waals surface area contributed by atoms with Crippen LogP contribution in [0.2, 0.25) is 0 Å². The third-order valence-corrected chi connectivity index (χ3v) is 2.35. The minimum Gasteiger partial charge on any atom is -0.490 e. The molecule has 102 valence electrons. The van der Waals surface area contributed by atoms with Gasteiger partial charge in [0, 0.05) is 12.3 Å². The van der Waals surface area contributed by atoms with Crippen LogP contribution in [0.25, 0.3) is 0 Å². The van der Waals surface area contributed by atoms with Crippen molar-refractivity contribution in [3.63, 3.8) is 0 Å². The minimum absolute atomic E-state index is 0.0442. The van der Waals surface area contributed by atoms with Gasteiger partial charge in [-0.2, -0.15) is 0 Å². The van der Waals surface area contributed by atoms with E-state index in [1.165, 1.54) is 18.3 Å². The van der Waals surface area contributed by atoms with Crippen LogP contribution >= 0.6 is 0 Å². The Kier molecular flexibility index (Phi) is 4.28. The maximum Gasteiger partial charge on any atom is 0.331 e. The zero-order valence-electron chi connectivity index (χ0n) is 10.6. The van der Waals surface area contributed by atoms with Crippen LogP contribution in [-0.2, 0) is 0 Å². The number of hydrogen-bond donors (Lipinski definition) is 0. The number of benzene rings is 1. The highest BCUT2D eigenvalue weighted by atomic mass is 16.6. The molecule has 2 rings (SSSR count). The summed E-state index contributed by atoms with van der Waals surface area (Å²) in [4.78, 5) is 14.2. The molecule has 1 aromatic carbocycles. The summed E-state index contributed by atoms with van der Waals surface area (Å²) in [5.41, 5.74) is -0.181. The Morgan fingerprint density at radius 1 is 1.25 bits per heavy atom. The van der Waals surface area contributed by atoms with Crippen LogP contribution in [0.4, 0.5) is 5.69 Å². The summed E-state index contributed by atoms with van der Waals surface area (Å²) in [5, 5.41) is 10.8. The van der Waals surface area contributed by atoms with Crippen LogP contribution in [-0.4, -0.2) is 16.5 Å². The van der Waals surface area contributed by atoms with E-state index < -0.39 is 4.92 Å². The van der Waals surface area contributed by atoms with Gasteiger partial charge in [-0.25, -0.2) is 4.98 Å². The molecule has 0 aliphatic rings. The lowest BCUT2D eigenvalue weighted by molar-refractivity contribution is -0.386. The summed E-state index contributed by atoms with van der Waals surface area (Å²) in [6, 6.07) is 9.52. The first kappa shape index (κ1) is 13.5. The molecule has 6 heteroatoms. The molecule has 0 spiro atoms. The van der Waals surface area contributed by atoms with E-state index in [0.29, 0.717) is 18.1 Å². The highest BCUT2D eigenvalue weighted by molar-refractivity contribution is 5.43. The number of hydrogen-bond acceptors (Lipinski definition) is 5. The molecule has 0 saturated carbocycles. The quantitative estimate of drug-likeness (QED) is 0.458. The molecule has 0 atom stereocenters. The average molecular weight is 272 g/mol. The third kappa shape index (κ3) is 3.32. The van der Waals surface area contributed by atoms with Gasteiger partial charge in [0.05, 0.1) is 4.92 Å². The largest absolute Gasteiger partial charge is 0.490 e. The lowest BCUT2D eigenvalue weighted by Gasteiger charge is -2.06. The number of nitrogens with zero attached hydrogens (tertiary/aromatic N) is 2. The Bertz CT molecular complexity index is 611. The van der Waals surface area contributed by atoms with Crippen LogP contribution in [0, 0.1) is 10.1 Å². The highest BCUT2D eigenvalue weighted by Gasteiger charge is 2.16. The molecule has 20 heavy (non-hydrogen) atoms. The van der Waals surface area contributed by atoms with Gasteiger partial charge >= 0.3 is 5.69 Å². The first-order valence-corrected chi connectivity index (χ1v) is 5.81. The van der Waals surface area contributed by atoms with Crippen LogP contribution in [0.1, 0.15) is 0 Å². The molecule has 2 aromatic rings. The third-order valence-electron chi connectivity index (χ3n) is 2.35. The molecule has 1 aromatic heterocycles. The van der Waals surface area contributed by atoms with Gasteiger partial charge in [0.1, 0.15) is 18.1 Å². The predicted octanol–water partition coefficient (Wildman–Crippen LogP) is 3.35. The average Bonchev–Trinajstić information content (AvgIpc) is 2.47. The van der Waals surface area contributed by atoms with Crippen molar-refractivity contribution < 1.29 is 14.4 Å². The van der Waals surface area contributed by atoms with E-state index in [1.807, 2.05) is 0 Å². The normalized spacial score (nSPS) is 9.80. The lowest BCUT2D eigenvalue weighted by atomic mass is 10.3. The van der Waals surface area contributed by atoms with E-state index in [0.717, 1.165) is 0 Å². The zero-order chi connectivity index (χ0) is 14.4. The first-order chi connectivity index (χ1) is 9.70. The van der Waals surface area contributed by atoms with E-state index in [-0.39, 0.29) is 11.6 Å². The summed E-state index contributed by atoms with van der Waals surface area (Å²) in [6.07, 6.45) is 3.07. The van der Waals surface area contributed by atoms with Gasteiger partial charge in [0.25, 0.3) is 5.88 Å². The number of rotatable bonds is 6. The van der Waals surface area contributed by atoms with Gasteiger partial charge in [0.2, 0.25) is 0 Å². The SMILES string of the molecule is C=CCOc1ccc(Oc2ncccc2[N+](=O)[O-])cc1. The van der Waals surface area contributed by atoms with Crippen molar-refractivity contribution in [3.05, 3.63) is 65.4 Å². The molecule has 1 heterocycles. The first-order valence-electron chi connectivity index (χ1n) is 5.81. The molecule has 0 fully saturated rings. The van der Waals surface area contributed by atoms with E-state index in [9.17, 15) is 10.1 Å². The van der Waals surface area contributed by atoms with Gasteiger partial charge in [-0.1, -0.05) is 12.7 Å². The van der Waals surface area contributed by atoms with Gasteiger partial charge < -0.3 is 9.47 Å². The molecule has 0 radical (unpaired) electrons. The van der Waals surface area contributed by atoms with Crippen LogP contribution in [0.15, 0.2) is 55.3 Å². The van der Waals surface area contributed by atoms with Gasteiger partial charge in [0.15, 0.2) is 0 Å². The number of nitro groups is 1. The fraction of sp³-hybridized carbons (Fsp3) is 0.0714. The zero-order valence-corrected chi connectivity index (χ0v) is 10.6. The second-order valence-electron chi connectivity index (χ2n) is 3.76. The predicted molar refractivity (Wildman–Crippen MR) is 73.1 cm³/mol. The Balaban J connectivity index is 2.14. The smallest absolute Gasteiger partial charge is 0.331 e. The van der Waals surface area contributed by atoms with Crippen LogP contribution < -0.4 is 9.47 Å². The lowest BCUT2D eigenvalue weighted by Crippen LogP contribution is -1.96. The van der Waals surface area contributed by atoms with Crippen LogP contribution in [0.5, 0.6) is 17.4 Å². The van der Waals surface area contributed by atoms with E-state index in [4.69, 9.17) is 9.47 Å². The van der Waals surface area contributed by atoms with Crippen molar-refractivity contribution in [2.45, 2.75) is 0 Å². The topological polar surface area (TPSA) is 74.5 Å². The fourth-order valence-electron chi connectivity index (χ4n) is 1.47. The van der Waals surface area contributed by atoms with Crippen molar-refractivity contribution >= 4 is 5.69 Å². The van der Waals surface area contributed by atoms with E-state index >= 15 is 0 Å². The monoisotopic (exact) mass is 272 g/mol. The van der Waals surface area contributed by atoms with Gasteiger partial charge in [-0.05, 0) is 30.3 Å². The Labute approximate surface area is 115 Å². The summed E-state index contributed by atoms with van der Waals surface area (Å²) in [7, 11) is 0. The molecule has 6 nitrogen and oxygen atoms in total. The molecule has 0 saturated heterocycles. The summed E-state index contributed by atoms with van der Waals surface area (Å²) in [6.45, 7) is 3.96. The fourth-order valence-corrected chi connectivity index (χ4v) is 1.47. The second kappa shape index (κ2) is 6.33. The molecular weight excluding hydrogens is 260 g/mol. The second-order valence-corrected chi connectivity index (χ2v) is 3.76. The Morgan fingerprint density at radius 2 is 1.95 bits per heavy atom. The highest BCUT2D eigenvalue weighted by Crippen LogP contribution is 2.29. The summed E-state index contributed by atoms with van der Waals surface area (Å²) in [5.74, 6) is 1.06. The Morgan fingerprint density at radius 3 is 2.60 bits per heavy atom. The van der Waals surface area contributed by atoms with Crippen LogP contribution in [0.3, 0.4) is 0 Å². The number of ether oxygens (including phenoxy) is 2. The Hall–Kier alpha value is -2.89. The van der Waals surface area contributed by atoms with Gasteiger partial charge in [-0.3, -0.25) is 10.1 Å². The maximum atomic E-state index is 10.8. The molecule has 0 aliphatic heterocycles. The van der Waals surface area contributed by atoms with E-state index in [2.05, 4.69) is 11.6 Å². The summed E-state index contributed by atoms with van der Waals surface area (Å²) >= 11 is 0. The maximum absolute atomic E-state index is 10.8. The standard InChI is InChI=1S/C14H12N2O4/c1-2-10-19-11-5-7-12(8-6-11)20-14-13(16(17)18)4-3-9-15-14/h2-9H,1,10H2.